The number of aromatic nitrogens is 2. The SMILES string of the molecule is O=C=NC(=O)c1cnn(-c2ccccc2)c1. The maximum atomic E-state index is 11.2. The molecule has 1 aromatic carbocycles. The van der Waals surface area contributed by atoms with E-state index >= 15 is 0 Å². The fourth-order valence-corrected chi connectivity index (χ4v) is 1.26. The highest BCUT2D eigenvalue weighted by Gasteiger charge is 2.07. The van der Waals surface area contributed by atoms with Gasteiger partial charge in [0, 0.05) is 6.20 Å². The van der Waals surface area contributed by atoms with Crippen LogP contribution in [-0.4, -0.2) is 21.8 Å². The number of hydrogen-bond acceptors (Lipinski definition) is 3. The van der Waals surface area contributed by atoms with Gasteiger partial charge in [-0.25, -0.2) is 9.48 Å². The molecule has 0 fully saturated rings. The number of nitrogens with zero attached hydrogens (tertiary/aromatic N) is 3. The molecular formula is C11H7N3O2. The van der Waals surface area contributed by atoms with Crippen LogP contribution < -0.4 is 0 Å². The second-order valence-electron chi connectivity index (χ2n) is 3.02. The van der Waals surface area contributed by atoms with Crippen molar-refractivity contribution in [1.82, 2.24) is 9.78 Å². The molecule has 0 radical (unpaired) electrons. The van der Waals surface area contributed by atoms with Crippen molar-refractivity contribution in [2.45, 2.75) is 0 Å². The number of hydrogen-bond donors (Lipinski definition) is 0. The van der Waals surface area contributed by atoms with Gasteiger partial charge in [-0.1, -0.05) is 18.2 Å². The van der Waals surface area contributed by atoms with Gasteiger partial charge in [0.05, 0.1) is 17.4 Å². The smallest absolute Gasteiger partial charge is 0.266 e. The van der Waals surface area contributed by atoms with Gasteiger partial charge >= 0.3 is 0 Å². The maximum Gasteiger partial charge on any atom is 0.290 e. The molecule has 2 aromatic rings. The van der Waals surface area contributed by atoms with Gasteiger partial charge in [0.15, 0.2) is 0 Å². The van der Waals surface area contributed by atoms with Crippen LogP contribution in [0.25, 0.3) is 5.69 Å². The molecule has 1 amide bonds. The van der Waals surface area contributed by atoms with Gasteiger partial charge < -0.3 is 0 Å². The lowest BCUT2D eigenvalue weighted by atomic mass is 10.3. The molecule has 0 bridgehead atoms. The number of carbonyl (C=O) groups excluding carboxylic acids is 2. The number of benzene rings is 1. The molecule has 0 spiro atoms. The van der Waals surface area contributed by atoms with E-state index in [4.69, 9.17) is 0 Å². The number of amides is 1. The molecule has 0 N–H and O–H groups in total. The molecule has 0 saturated carbocycles. The topological polar surface area (TPSA) is 64.3 Å². The molecule has 0 atom stereocenters. The van der Waals surface area contributed by atoms with Gasteiger partial charge in [-0.2, -0.15) is 5.10 Å². The minimum atomic E-state index is -0.641. The Labute approximate surface area is 91.0 Å². The second-order valence-corrected chi connectivity index (χ2v) is 3.02. The Morgan fingerprint density at radius 2 is 2.06 bits per heavy atom. The third-order valence-electron chi connectivity index (χ3n) is 2.00. The van der Waals surface area contributed by atoms with Crippen molar-refractivity contribution < 1.29 is 9.59 Å². The summed E-state index contributed by atoms with van der Waals surface area (Å²) in [5.41, 5.74) is 1.09. The number of carbonyl (C=O) groups is 1. The second kappa shape index (κ2) is 4.33. The molecule has 0 aliphatic heterocycles. The molecule has 5 nitrogen and oxygen atoms in total. The quantitative estimate of drug-likeness (QED) is 0.558. The lowest BCUT2D eigenvalue weighted by Crippen LogP contribution is -1.94. The standard InChI is InChI=1S/C11H7N3O2/c15-8-12-11(16)9-6-13-14(7-9)10-4-2-1-3-5-10/h1-7H. The highest BCUT2D eigenvalue weighted by Crippen LogP contribution is 2.08. The molecule has 0 unspecified atom stereocenters. The van der Waals surface area contributed by atoms with Crippen molar-refractivity contribution in [3.63, 3.8) is 0 Å². The maximum absolute atomic E-state index is 11.2. The van der Waals surface area contributed by atoms with Crippen molar-refractivity contribution in [2.75, 3.05) is 0 Å². The Kier molecular flexibility index (Phi) is 2.71. The Morgan fingerprint density at radius 1 is 1.31 bits per heavy atom. The average Bonchev–Trinajstić information content (AvgIpc) is 2.80. The van der Waals surface area contributed by atoms with Crippen molar-refractivity contribution >= 4 is 12.0 Å². The first-order valence-electron chi connectivity index (χ1n) is 4.53. The molecule has 2 rings (SSSR count). The summed E-state index contributed by atoms with van der Waals surface area (Å²) < 4.78 is 1.54. The van der Waals surface area contributed by atoms with Crippen molar-refractivity contribution in [3.8, 4) is 5.69 Å². The van der Waals surface area contributed by atoms with Crippen LogP contribution in [0.1, 0.15) is 10.4 Å². The number of aliphatic imine (C=N–C) groups is 1. The fourth-order valence-electron chi connectivity index (χ4n) is 1.26. The summed E-state index contributed by atoms with van der Waals surface area (Å²) in [6.45, 7) is 0. The third kappa shape index (κ3) is 1.94. The van der Waals surface area contributed by atoms with E-state index in [0.29, 0.717) is 0 Å². The minimum absolute atomic E-state index is 0.257. The predicted molar refractivity (Wildman–Crippen MR) is 56.0 cm³/mol. The average molecular weight is 213 g/mol. The van der Waals surface area contributed by atoms with E-state index in [0.717, 1.165) is 5.69 Å². The summed E-state index contributed by atoms with van der Waals surface area (Å²) in [6.07, 6.45) is 4.07. The lowest BCUT2D eigenvalue weighted by molar-refractivity contribution is 0.100. The van der Waals surface area contributed by atoms with E-state index in [1.807, 2.05) is 30.3 Å². The van der Waals surface area contributed by atoms with Crippen molar-refractivity contribution in [2.24, 2.45) is 4.99 Å². The first-order chi connectivity index (χ1) is 7.81. The lowest BCUT2D eigenvalue weighted by Gasteiger charge is -1.98. The molecular weight excluding hydrogens is 206 g/mol. The molecule has 0 aliphatic carbocycles. The Balaban J connectivity index is 2.33. The monoisotopic (exact) mass is 213 g/mol. The number of rotatable bonds is 2. The highest BCUT2D eigenvalue weighted by molar-refractivity contribution is 5.97. The molecule has 1 aromatic heterocycles. The van der Waals surface area contributed by atoms with Gasteiger partial charge in [-0.3, -0.25) is 4.79 Å². The van der Waals surface area contributed by atoms with Crippen LogP contribution in [0, 0.1) is 0 Å². The van der Waals surface area contributed by atoms with Crippen LogP contribution in [-0.2, 0) is 4.79 Å². The van der Waals surface area contributed by atoms with Crippen LogP contribution in [0.5, 0.6) is 0 Å². The summed E-state index contributed by atoms with van der Waals surface area (Å²) in [4.78, 5) is 24.1. The molecule has 16 heavy (non-hydrogen) atoms. The van der Waals surface area contributed by atoms with Crippen LogP contribution in [0.3, 0.4) is 0 Å². The van der Waals surface area contributed by atoms with Gasteiger partial charge in [0.1, 0.15) is 0 Å². The first kappa shape index (κ1) is 10.0. The van der Waals surface area contributed by atoms with E-state index in [1.54, 1.807) is 0 Å². The summed E-state index contributed by atoms with van der Waals surface area (Å²) in [7, 11) is 0. The van der Waals surface area contributed by atoms with E-state index in [9.17, 15) is 9.59 Å². The fraction of sp³-hybridized carbons (Fsp3) is 0. The molecule has 0 aliphatic rings. The zero-order chi connectivity index (χ0) is 11.4. The largest absolute Gasteiger partial charge is 0.290 e. The van der Waals surface area contributed by atoms with Crippen LogP contribution in [0.15, 0.2) is 47.7 Å². The number of para-hydroxylation sites is 1. The van der Waals surface area contributed by atoms with Crippen LogP contribution in [0.4, 0.5) is 0 Å². The molecule has 1 heterocycles. The van der Waals surface area contributed by atoms with Gasteiger partial charge in [0.25, 0.3) is 5.91 Å². The first-order valence-corrected chi connectivity index (χ1v) is 4.53. The van der Waals surface area contributed by atoms with Crippen LogP contribution >= 0.6 is 0 Å². The molecule has 5 heteroatoms. The molecule has 78 valence electrons. The zero-order valence-corrected chi connectivity index (χ0v) is 8.20. The van der Waals surface area contributed by atoms with E-state index in [1.165, 1.54) is 23.2 Å². The van der Waals surface area contributed by atoms with Gasteiger partial charge in [-0.15, -0.1) is 4.99 Å². The van der Waals surface area contributed by atoms with Crippen LogP contribution in [0.2, 0.25) is 0 Å². The number of isocyanates is 1. The summed E-state index contributed by atoms with van der Waals surface area (Å²) >= 11 is 0. The predicted octanol–water partition coefficient (Wildman–Crippen LogP) is 1.35. The third-order valence-corrected chi connectivity index (χ3v) is 2.00. The summed E-state index contributed by atoms with van der Waals surface area (Å²) in [5.74, 6) is -0.641. The summed E-state index contributed by atoms with van der Waals surface area (Å²) in [5, 5.41) is 4.00. The Morgan fingerprint density at radius 3 is 2.75 bits per heavy atom. The minimum Gasteiger partial charge on any atom is -0.266 e. The molecule has 0 saturated heterocycles. The summed E-state index contributed by atoms with van der Waals surface area (Å²) in [6, 6.07) is 9.31. The van der Waals surface area contributed by atoms with Gasteiger partial charge in [0.2, 0.25) is 6.08 Å². The Bertz CT molecular complexity index is 554. The Hall–Kier alpha value is -2.52. The zero-order valence-electron chi connectivity index (χ0n) is 8.20. The van der Waals surface area contributed by atoms with Crippen molar-refractivity contribution in [1.29, 1.82) is 0 Å². The van der Waals surface area contributed by atoms with E-state index in [2.05, 4.69) is 10.1 Å². The van der Waals surface area contributed by atoms with Gasteiger partial charge in [-0.05, 0) is 12.1 Å². The van der Waals surface area contributed by atoms with E-state index < -0.39 is 5.91 Å². The van der Waals surface area contributed by atoms with E-state index in [-0.39, 0.29) is 5.56 Å². The highest BCUT2D eigenvalue weighted by atomic mass is 16.2. The van der Waals surface area contributed by atoms with Crippen molar-refractivity contribution in [3.05, 3.63) is 48.3 Å². The normalized spacial score (nSPS) is 9.50.